The summed E-state index contributed by atoms with van der Waals surface area (Å²) in [5.41, 5.74) is 13.7. The van der Waals surface area contributed by atoms with E-state index in [9.17, 15) is 5.11 Å². The number of anilines is 1. The fourth-order valence-corrected chi connectivity index (χ4v) is 4.38. The zero-order valence-corrected chi connectivity index (χ0v) is 18.1. The first-order valence-corrected chi connectivity index (χ1v) is 10.4. The first-order valence-electron chi connectivity index (χ1n) is 10.4. The summed E-state index contributed by atoms with van der Waals surface area (Å²) in [6.07, 6.45) is 3.06. The summed E-state index contributed by atoms with van der Waals surface area (Å²) in [5.74, 6) is 1.09. The number of nitrogens with zero attached hydrogens (tertiary/aromatic N) is 1. The normalized spacial score (nSPS) is 19.1. The molecule has 0 spiro atoms. The number of hydrogen-bond acceptors (Lipinski definition) is 4. The van der Waals surface area contributed by atoms with E-state index in [1.165, 1.54) is 17.4 Å². The van der Waals surface area contributed by atoms with E-state index < -0.39 is 0 Å². The number of aliphatic imine (C=N–C) groups is 1. The van der Waals surface area contributed by atoms with E-state index in [4.69, 9.17) is 11.1 Å². The van der Waals surface area contributed by atoms with Crippen molar-refractivity contribution in [1.82, 2.24) is 0 Å². The van der Waals surface area contributed by atoms with Crippen LogP contribution < -0.4 is 5.73 Å². The minimum Gasteiger partial charge on any atom is -0.513 e. The first kappa shape index (κ1) is 21.6. The molecule has 30 heavy (non-hydrogen) atoms. The molecular formula is C26H31N3O. The first-order chi connectivity index (χ1) is 14.3. The number of aliphatic hydroxyl groups excluding tert-OH is 1. The van der Waals surface area contributed by atoms with Gasteiger partial charge in [-0.15, -0.1) is 0 Å². The number of nitrogens with one attached hydrogen (secondary N) is 1. The van der Waals surface area contributed by atoms with Crippen LogP contribution in [0.1, 0.15) is 48.9 Å². The van der Waals surface area contributed by atoms with E-state index >= 15 is 0 Å². The average molecular weight is 402 g/mol. The van der Waals surface area contributed by atoms with Gasteiger partial charge >= 0.3 is 0 Å². The van der Waals surface area contributed by atoms with E-state index in [0.717, 1.165) is 29.5 Å². The molecule has 1 fully saturated rings. The molecule has 2 aromatic rings. The second-order valence-electron chi connectivity index (χ2n) is 8.51. The Morgan fingerprint density at radius 3 is 2.33 bits per heavy atom. The van der Waals surface area contributed by atoms with Crippen molar-refractivity contribution in [3.63, 3.8) is 0 Å². The third-order valence-corrected chi connectivity index (χ3v) is 6.10. The van der Waals surface area contributed by atoms with Gasteiger partial charge in [0.15, 0.2) is 0 Å². The van der Waals surface area contributed by atoms with Gasteiger partial charge in [0.1, 0.15) is 0 Å². The lowest BCUT2D eigenvalue weighted by molar-refractivity contribution is 0.187. The topological polar surface area (TPSA) is 82.5 Å². The molecule has 4 N–H and O–H groups in total. The van der Waals surface area contributed by atoms with Crippen molar-refractivity contribution in [2.75, 3.05) is 5.73 Å². The molecule has 0 atom stereocenters. The maximum absolute atomic E-state index is 9.82. The van der Waals surface area contributed by atoms with Crippen LogP contribution in [-0.4, -0.2) is 18.0 Å². The van der Waals surface area contributed by atoms with Gasteiger partial charge < -0.3 is 16.2 Å². The molecule has 2 aromatic carbocycles. The monoisotopic (exact) mass is 401 g/mol. The number of benzene rings is 2. The molecule has 0 aliphatic heterocycles. The van der Waals surface area contributed by atoms with Crippen molar-refractivity contribution in [2.45, 2.75) is 33.6 Å². The second kappa shape index (κ2) is 8.70. The molecule has 1 aliphatic carbocycles. The smallest absolute Gasteiger partial charge is 0.0882 e. The molecule has 4 heteroatoms. The van der Waals surface area contributed by atoms with Gasteiger partial charge in [0.25, 0.3) is 0 Å². The number of aliphatic hydroxyl groups is 1. The molecule has 0 aromatic heterocycles. The second-order valence-corrected chi connectivity index (χ2v) is 8.51. The molecule has 0 radical (unpaired) electrons. The minimum atomic E-state index is 0.156. The highest BCUT2D eigenvalue weighted by atomic mass is 16.3. The van der Waals surface area contributed by atoms with Crippen LogP contribution in [-0.2, 0) is 0 Å². The molecule has 0 bridgehead atoms. The standard InChI is InChI=1S/C26H31N3O/c1-15(2)25(20-10-19(11-20)17(4)30)26(18-8-6-16(3)7-9-18)22-12-21(14-27)23(28)13-24(22)29-5/h6-9,12-15,19-20,27,30H,4-5,10-11,28H2,1-3H3/b26-25-,27-14?. The molecule has 156 valence electrons. The summed E-state index contributed by atoms with van der Waals surface area (Å²) in [6, 6.07) is 12.3. The molecular weight excluding hydrogens is 370 g/mol. The maximum Gasteiger partial charge on any atom is 0.0882 e. The number of nitrogen functional groups attached to an aromatic ring is 1. The van der Waals surface area contributed by atoms with Gasteiger partial charge in [-0.2, -0.15) is 0 Å². The van der Waals surface area contributed by atoms with Gasteiger partial charge in [-0.05, 0) is 61.6 Å². The van der Waals surface area contributed by atoms with Crippen molar-refractivity contribution in [3.05, 3.63) is 76.6 Å². The number of aryl methyl sites for hydroxylation is 1. The number of nitrogens with two attached hydrogens (primary N) is 1. The quantitative estimate of drug-likeness (QED) is 0.282. The Hall–Kier alpha value is -3.14. The molecule has 0 unspecified atom stereocenters. The van der Waals surface area contributed by atoms with Crippen LogP contribution in [0.4, 0.5) is 11.4 Å². The van der Waals surface area contributed by atoms with E-state index in [1.54, 1.807) is 6.07 Å². The Bertz CT molecular complexity index is 1010. The summed E-state index contributed by atoms with van der Waals surface area (Å²) >= 11 is 0. The average Bonchev–Trinajstić information content (AvgIpc) is 2.67. The Morgan fingerprint density at radius 1 is 1.20 bits per heavy atom. The van der Waals surface area contributed by atoms with Gasteiger partial charge in [-0.25, -0.2) is 0 Å². The van der Waals surface area contributed by atoms with E-state index in [2.05, 4.69) is 63.3 Å². The molecule has 4 nitrogen and oxygen atoms in total. The Morgan fingerprint density at radius 2 is 1.83 bits per heavy atom. The van der Waals surface area contributed by atoms with Gasteiger partial charge in [-0.3, -0.25) is 4.99 Å². The van der Waals surface area contributed by atoms with E-state index in [1.807, 2.05) is 6.07 Å². The number of hydrogen-bond donors (Lipinski definition) is 3. The fraction of sp³-hybridized carbons (Fsp3) is 0.308. The van der Waals surface area contributed by atoms with E-state index in [0.29, 0.717) is 28.8 Å². The molecule has 3 rings (SSSR count). The van der Waals surface area contributed by atoms with E-state index in [-0.39, 0.29) is 11.7 Å². The highest BCUT2D eigenvalue weighted by Gasteiger charge is 2.36. The maximum atomic E-state index is 9.82. The third kappa shape index (κ3) is 4.09. The summed E-state index contributed by atoms with van der Waals surface area (Å²) in [7, 11) is 0. The van der Waals surface area contributed by atoms with Crippen LogP contribution in [0.5, 0.6) is 0 Å². The third-order valence-electron chi connectivity index (χ3n) is 6.10. The minimum absolute atomic E-state index is 0.156. The summed E-state index contributed by atoms with van der Waals surface area (Å²) < 4.78 is 0. The van der Waals surface area contributed by atoms with Crippen molar-refractivity contribution < 1.29 is 5.11 Å². The SMILES string of the molecule is C=Nc1cc(N)c(C=N)cc1/C(=C(/C(C)C)C1CC(C(=C)O)C1)c1ccc(C)cc1. The van der Waals surface area contributed by atoms with Crippen LogP contribution in [0.25, 0.3) is 5.57 Å². The Balaban J connectivity index is 2.30. The largest absolute Gasteiger partial charge is 0.513 e. The van der Waals surface area contributed by atoms with Gasteiger partial charge in [-0.1, -0.05) is 55.8 Å². The number of rotatable bonds is 7. The highest BCUT2D eigenvalue weighted by molar-refractivity contribution is 5.94. The molecule has 1 aliphatic rings. The van der Waals surface area contributed by atoms with Crippen LogP contribution >= 0.6 is 0 Å². The van der Waals surface area contributed by atoms with Gasteiger partial charge in [0.05, 0.1) is 11.4 Å². The Kier molecular flexibility index (Phi) is 6.25. The van der Waals surface area contributed by atoms with Gasteiger partial charge in [0.2, 0.25) is 0 Å². The lowest BCUT2D eigenvalue weighted by Gasteiger charge is -2.39. The van der Waals surface area contributed by atoms with Crippen molar-refractivity contribution in [2.24, 2.45) is 22.7 Å². The summed E-state index contributed by atoms with van der Waals surface area (Å²) in [4.78, 5) is 4.27. The van der Waals surface area contributed by atoms with Crippen LogP contribution in [0.3, 0.4) is 0 Å². The Labute approximate surface area is 179 Å². The van der Waals surface area contributed by atoms with Gasteiger partial charge in [0, 0.05) is 28.9 Å². The molecule has 1 saturated carbocycles. The fourth-order valence-electron chi connectivity index (χ4n) is 4.38. The summed E-state index contributed by atoms with van der Waals surface area (Å²) in [5, 5.41) is 17.6. The van der Waals surface area contributed by atoms with Crippen molar-refractivity contribution in [1.29, 1.82) is 5.41 Å². The lowest BCUT2D eigenvalue weighted by Crippen LogP contribution is -2.29. The number of allylic oxidation sites excluding steroid dienone is 2. The predicted octanol–water partition coefficient (Wildman–Crippen LogP) is 6.46. The van der Waals surface area contributed by atoms with Crippen molar-refractivity contribution >= 4 is 29.9 Å². The lowest BCUT2D eigenvalue weighted by atomic mass is 9.65. The predicted molar refractivity (Wildman–Crippen MR) is 128 cm³/mol. The van der Waals surface area contributed by atoms with Crippen LogP contribution in [0.15, 0.2) is 59.3 Å². The van der Waals surface area contributed by atoms with Crippen LogP contribution in [0, 0.1) is 30.1 Å². The zero-order chi connectivity index (χ0) is 22.0. The summed E-state index contributed by atoms with van der Waals surface area (Å²) in [6.45, 7) is 14.0. The molecule has 0 saturated heterocycles. The molecule has 0 amide bonds. The molecule has 0 heterocycles. The zero-order valence-electron chi connectivity index (χ0n) is 18.1. The van der Waals surface area contributed by atoms with Crippen LogP contribution in [0.2, 0.25) is 0 Å². The van der Waals surface area contributed by atoms with Crippen molar-refractivity contribution in [3.8, 4) is 0 Å². The highest BCUT2D eigenvalue weighted by Crippen LogP contribution is 2.49.